The Kier molecular flexibility index (Phi) is 2.36. The van der Waals surface area contributed by atoms with E-state index in [1.165, 1.54) is 27.0 Å². The number of hydrogen-bond acceptors (Lipinski definition) is 1. The van der Waals surface area contributed by atoms with Crippen LogP contribution in [0, 0.1) is 0 Å². The third-order valence-electron chi connectivity index (χ3n) is 4.28. The van der Waals surface area contributed by atoms with Crippen molar-refractivity contribution in [3.05, 3.63) is 66.7 Å². The lowest BCUT2D eigenvalue weighted by molar-refractivity contribution is 1.32. The fourth-order valence-electron chi connectivity index (χ4n) is 3.33. The van der Waals surface area contributed by atoms with Crippen LogP contribution in [0.1, 0.15) is 0 Å². The van der Waals surface area contributed by atoms with Gasteiger partial charge in [0, 0.05) is 10.8 Å². The first-order valence-electron chi connectivity index (χ1n) is 7.30. The van der Waals surface area contributed by atoms with Crippen LogP contribution in [-0.4, -0.2) is 9.38 Å². The molecule has 0 bridgehead atoms. The number of benzene rings is 3. The summed E-state index contributed by atoms with van der Waals surface area (Å²) in [5.74, 6) is 0. The fourth-order valence-corrected chi connectivity index (χ4v) is 3.59. The second-order valence-electron chi connectivity index (χ2n) is 5.58. The lowest BCUT2D eigenvalue weighted by Gasteiger charge is -2.09. The highest BCUT2D eigenvalue weighted by atomic mass is 31.0. The summed E-state index contributed by atoms with van der Waals surface area (Å²) in [5, 5.41) is 4.91. The Hall–Kier alpha value is -2.44. The van der Waals surface area contributed by atoms with Gasteiger partial charge in [0.2, 0.25) is 0 Å². The molecule has 3 aromatic carbocycles. The van der Waals surface area contributed by atoms with E-state index in [-0.39, 0.29) is 0 Å². The smallest absolute Gasteiger partial charge is 0.146 e. The molecule has 0 spiro atoms. The molecule has 2 aromatic heterocycles. The summed E-state index contributed by atoms with van der Waals surface area (Å²) >= 11 is 0. The van der Waals surface area contributed by atoms with Crippen molar-refractivity contribution >= 4 is 52.9 Å². The van der Waals surface area contributed by atoms with E-state index in [4.69, 9.17) is 4.98 Å². The average molecular weight is 300 g/mol. The van der Waals surface area contributed by atoms with E-state index in [2.05, 4.69) is 74.3 Å². The minimum absolute atomic E-state index is 1.03. The summed E-state index contributed by atoms with van der Waals surface area (Å²) in [6, 6.07) is 23.4. The number of fused-ring (bicyclic) bond motifs is 8. The molecule has 1 unspecified atom stereocenters. The molecular formula is C19H13N2P. The van der Waals surface area contributed by atoms with Crippen LogP contribution in [0.2, 0.25) is 0 Å². The van der Waals surface area contributed by atoms with Crippen LogP contribution in [0.5, 0.6) is 0 Å². The van der Waals surface area contributed by atoms with Crippen LogP contribution in [0.15, 0.2) is 66.7 Å². The summed E-state index contributed by atoms with van der Waals surface area (Å²) < 4.78 is 2.27. The monoisotopic (exact) mass is 300 g/mol. The molecule has 2 heterocycles. The van der Waals surface area contributed by atoms with Gasteiger partial charge >= 0.3 is 0 Å². The standard InChI is InChI=1S/C19H13N2P/c22-12-9-10-17-15(11-12)13-5-1-2-6-14(13)19-20-16-7-3-4-8-18(16)21(17)19/h1-11H,22H2. The molecule has 0 fully saturated rings. The van der Waals surface area contributed by atoms with Crippen molar-refractivity contribution in [3.63, 3.8) is 0 Å². The molecule has 0 aliphatic heterocycles. The largest absolute Gasteiger partial charge is 0.292 e. The zero-order chi connectivity index (χ0) is 14.7. The van der Waals surface area contributed by atoms with E-state index in [1.807, 2.05) is 6.07 Å². The minimum atomic E-state index is 1.03. The molecule has 0 aliphatic carbocycles. The quantitative estimate of drug-likeness (QED) is 0.308. The van der Waals surface area contributed by atoms with Crippen molar-refractivity contribution in [2.45, 2.75) is 0 Å². The Bertz CT molecular complexity index is 1190. The number of hydrogen-bond donors (Lipinski definition) is 0. The van der Waals surface area contributed by atoms with Gasteiger partial charge in [-0.15, -0.1) is 9.24 Å². The summed E-state index contributed by atoms with van der Waals surface area (Å²) in [5.41, 5.74) is 4.43. The molecule has 2 nitrogen and oxygen atoms in total. The van der Waals surface area contributed by atoms with E-state index < -0.39 is 0 Å². The maximum atomic E-state index is 4.87. The highest BCUT2D eigenvalue weighted by Crippen LogP contribution is 2.31. The van der Waals surface area contributed by atoms with Gasteiger partial charge in [-0.2, -0.15) is 0 Å². The van der Waals surface area contributed by atoms with Crippen LogP contribution in [-0.2, 0) is 0 Å². The van der Waals surface area contributed by atoms with Crippen molar-refractivity contribution in [3.8, 4) is 0 Å². The summed E-state index contributed by atoms with van der Waals surface area (Å²) in [6.45, 7) is 0. The van der Waals surface area contributed by atoms with E-state index in [1.54, 1.807) is 0 Å². The summed E-state index contributed by atoms with van der Waals surface area (Å²) in [6.07, 6.45) is 0. The SMILES string of the molecule is Pc1ccc2c(c1)c1ccccc1c1nc3ccccc3n21. The Morgan fingerprint density at radius 1 is 0.727 bits per heavy atom. The fraction of sp³-hybridized carbons (Fsp3) is 0. The lowest BCUT2D eigenvalue weighted by atomic mass is 10.1. The van der Waals surface area contributed by atoms with Crippen molar-refractivity contribution in [1.29, 1.82) is 0 Å². The molecular weight excluding hydrogens is 287 g/mol. The highest BCUT2D eigenvalue weighted by Gasteiger charge is 2.12. The first kappa shape index (κ1) is 12.1. The zero-order valence-corrected chi connectivity index (χ0v) is 13.0. The van der Waals surface area contributed by atoms with Crippen molar-refractivity contribution < 1.29 is 0 Å². The zero-order valence-electron chi connectivity index (χ0n) is 11.8. The molecule has 0 aliphatic rings. The second kappa shape index (κ2) is 4.28. The lowest BCUT2D eigenvalue weighted by Crippen LogP contribution is -1.95. The maximum absolute atomic E-state index is 4.87. The van der Waals surface area contributed by atoms with Crippen LogP contribution < -0.4 is 5.30 Å². The number of pyridine rings is 1. The predicted molar refractivity (Wildman–Crippen MR) is 97.1 cm³/mol. The third-order valence-corrected chi connectivity index (χ3v) is 4.64. The van der Waals surface area contributed by atoms with Crippen molar-refractivity contribution in [2.75, 3.05) is 0 Å². The van der Waals surface area contributed by atoms with Crippen LogP contribution in [0.25, 0.3) is 38.4 Å². The Labute approximate surface area is 129 Å². The molecule has 1 atom stereocenters. The van der Waals surface area contributed by atoms with Crippen molar-refractivity contribution in [2.24, 2.45) is 0 Å². The molecule has 104 valence electrons. The van der Waals surface area contributed by atoms with Crippen LogP contribution in [0.3, 0.4) is 0 Å². The second-order valence-corrected chi connectivity index (χ2v) is 6.25. The number of imidazole rings is 1. The normalized spacial score (nSPS) is 11.9. The topological polar surface area (TPSA) is 17.3 Å². The first-order chi connectivity index (χ1) is 10.8. The molecule has 0 amide bonds. The summed E-state index contributed by atoms with van der Waals surface area (Å²) in [4.78, 5) is 4.87. The van der Waals surface area contributed by atoms with Gasteiger partial charge in [0.15, 0.2) is 0 Å². The molecule has 22 heavy (non-hydrogen) atoms. The number of aromatic nitrogens is 2. The van der Waals surface area contributed by atoms with Gasteiger partial charge in [-0.25, -0.2) is 4.98 Å². The van der Waals surface area contributed by atoms with E-state index in [0.29, 0.717) is 0 Å². The summed E-state index contributed by atoms with van der Waals surface area (Å²) in [7, 11) is 2.79. The third kappa shape index (κ3) is 1.51. The Morgan fingerprint density at radius 3 is 2.41 bits per heavy atom. The van der Waals surface area contributed by atoms with Crippen LogP contribution >= 0.6 is 9.24 Å². The Balaban J connectivity index is 2.23. The average Bonchev–Trinajstić information content (AvgIpc) is 2.95. The molecule has 5 aromatic rings. The van der Waals surface area contributed by atoms with E-state index in [9.17, 15) is 0 Å². The van der Waals surface area contributed by atoms with Crippen LogP contribution in [0.4, 0.5) is 0 Å². The van der Waals surface area contributed by atoms with Gasteiger partial charge in [-0.05, 0) is 35.0 Å². The van der Waals surface area contributed by atoms with Gasteiger partial charge in [-0.1, -0.05) is 42.5 Å². The van der Waals surface area contributed by atoms with Gasteiger partial charge in [0.05, 0.1) is 16.6 Å². The molecule has 3 heteroatoms. The van der Waals surface area contributed by atoms with Gasteiger partial charge in [-0.3, -0.25) is 4.40 Å². The van der Waals surface area contributed by atoms with E-state index >= 15 is 0 Å². The van der Waals surface area contributed by atoms with Gasteiger partial charge in [0.1, 0.15) is 5.65 Å². The minimum Gasteiger partial charge on any atom is -0.292 e. The molecule has 5 rings (SSSR count). The number of rotatable bonds is 0. The molecule has 0 saturated heterocycles. The first-order valence-corrected chi connectivity index (χ1v) is 7.88. The van der Waals surface area contributed by atoms with Gasteiger partial charge < -0.3 is 0 Å². The highest BCUT2D eigenvalue weighted by molar-refractivity contribution is 7.27. The Morgan fingerprint density at radius 2 is 1.50 bits per heavy atom. The number of nitrogens with zero attached hydrogens (tertiary/aromatic N) is 2. The van der Waals surface area contributed by atoms with Crippen molar-refractivity contribution in [1.82, 2.24) is 9.38 Å². The van der Waals surface area contributed by atoms with Gasteiger partial charge in [0.25, 0.3) is 0 Å². The number of para-hydroxylation sites is 2. The predicted octanol–water partition coefficient (Wildman–Crippen LogP) is 4.29. The molecule has 0 N–H and O–H groups in total. The van der Waals surface area contributed by atoms with E-state index in [0.717, 1.165) is 16.7 Å². The maximum Gasteiger partial charge on any atom is 0.146 e. The molecule has 0 saturated carbocycles. The molecule has 0 radical (unpaired) electrons.